The zero-order valence-electron chi connectivity index (χ0n) is 13.9. The minimum atomic E-state index is -0.725. The molecule has 3 heteroatoms. The van der Waals surface area contributed by atoms with E-state index in [0.717, 1.165) is 32.1 Å². The fourth-order valence-corrected chi connectivity index (χ4v) is 7.00. The number of fused-ring (bicyclic) bond motifs is 5. The summed E-state index contributed by atoms with van der Waals surface area (Å²) >= 11 is 0. The largest absolute Gasteiger partial charge is 0.393 e. The van der Waals surface area contributed by atoms with Crippen molar-refractivity contribution in [1.82, 2.24) is 0 Å². The molecular weight excluding hydrogens is 276 g/mol. The molecule has 0 aromatic heterocycles. The summed E-state index contributed by atoms with van der Waals surface area (Å²) in [5.41, 5.74) is 0.176. The van der Waals surface area contributed by atoms with Gasteiger partial charge in [-0.3, -0.25) is 4.79 Å². The average molecular weight is 306 g/mol. The highest BCUT2D eigenvalue weighted by atomic mass is 16.3. The van der Waals surface area contributed by atoms with Crippen LogP contribution in [0.4, 0.5) is 0 Å². The van der Waals surface area contributed by atoms with Crippen molar-refractivity contribution >= 4 is 5.78 Å². The van der Waals surface area contributed by atoms with Gasteiger partial charge in [0.1, 0.15) is 6.10 Å². The SMILES string of the molecule is C[C@]12CC[C@H]3[C@@H](CCC4C[C@H](O)CC[C@@]43C)[C@@H]1CC(=O)[C@@H]2O. The van der Waals surface area contributed by atoms with Gasteiger partial charge in [0.25, 0.3) is 0 Å². The second-order valence-corrected chi connectivity index (χ2v) is 9.20. The molecule has 0 amide bonds. The minimum Gasteiger partial charge on any atom is -0.393 e. The van der Waals surface area contributed by atoms with Gasteiger partial charge in [-0.2, -0.15) is 0 Å². The molecule has 0 spiro atoms. The molecule has 0 radical (unpaired) electrons. The second kappa shape index (κ2) is 4.80. The zero-order valence-corrected chi connectivity index (χ0v) is 13.9. The molecule has 3 nitrogen and oxygen atoms in total. The number of ketones is 1. The van der Waals surface area contributed by atoms with Gasteiger partial charge in [0.2, 0.25) is 0 Å². The number of aliphatic hydroxyl groups excluding tert-OH is 2. The molecule has 124 valence electrons. The van der Waals surface area contributed by atoms with Gasteiger partial charge in [0.15, 0.2) is 5.78 Å². The molecule has 4 fully saturated rings. The molecule has 8 atom stereocenters. The maximum atomic E-state index is 12.1. The van der Waals surface area contributed by atoms with Gasteiger partial charge < -0.3 is 10.2 Å². The first-order valence-electron chi connectivity index (χ1n) is 9.25. The molecule has 4 rings (SSSR count). The molecular formula is C19H30O3. The van der Waals surface area contributed by atoms with Gasteiger partial charge in [-0.1, -0.05) is 13.8 Å². The number of aliphatic hydroxyl groups is 2. The van der Waals surface area contributed by atoms with Gasteiger partial charge >= 0.3 is 0 Å². The molecule has 0 bridgehead atoms. The third kappa shape index (κ3) is 1.84. The Morgan fingerprint density at radius 3 is 2.45 bits per heavy atom. The van der Waals surface area contributed by atoms with Crippen molar-refractivity contribution in [2.75, 3.05) is 0 Å². The van der Waals surface area contributed by atoms with Crippen molar-refractivity contribution in [2.24, 2.45) is 34.5 Å². The van der Waals surface area contributed by atoms with Gasteiger partial charge in [-0.25, -0.2) is 0 Å². The third-order valence-corrected chi connectivity index (χ3v) is 8.43. The van der Waals surface area contributed by atoms with Crippen molar-refractivity contribution < 1.29 is 15.0 Å². The lowest BCUT2D eigenvalue weighted by Crippen LogP contribution is -2.54. The molecule has 0 aromatic rings. The lowest BCUT2D eigenvalue weighted by atomic mass is 9.45. The van der Waals surface area contributed by atoms with E-state index < -0.39 is 6.10 Å². The number of hydrogen-bond acceptors (Lipinski definition) is 3. The van der Waals surface area contributed by atoms with Crippen molar-refractivity contribution in [3.63, 3.8) is 0 Å². The van der Waals surface area contributed by atoms with Crippen molar-refractivity contribution in [2.45, 2.75) is 77.4 Å². The van der Waals surface area contributed by atoms with Crippen molar-refractivity contribution in [1.29, 1.82) is 0 Å². The Balaban J connectivity index is 1.64. The summed E-state index contributed by atoms with van der Waals surface area (Å²) in [7, 11) is 0. The lowest BCUT2D eigenvalue weighted by Gasteiger charge is -2.60. The van der Waals surface area contributed by atoms with Crippen LogP contribution in [0.1, 0.15) is 65.2 Å². The van der Waals surface area contributed by atoms with Gasteiger partial charge in [0, 0.05) is 11.8 Å². The van der Waals surface area contributed by atoms with E-state index in [0.29, 0.717) is 35.5 Å². The molecule has 0 aromatic carbocycles. The standard InChI is InChI=1S/C19H30O3/c1-18-7-5-12(20)9-11(18)3-4-13-14(18)6-8-19(2)15(13)10-16(21)17(19)22/h11-15,17,20,22H,3-10H2,1-2H3/t11?,12-,13-,14+,15+,17+,18+,19+/m1/s1. The first kappa shape index (κ1) is 15.1. The molecule has 4 aliphatic rings. The van der Waals surface area contributed by atoms with Crippen LogP contribution >= 0.6 is 0 Å². The zero-order chi connectivity index (χ0) is 15.7. The van der Waals surface area contributed by atoms with Gasteiger partial charge in [-0.05, 0) is 74.0 Å². The van der Waals surface area contributed by atoms with E-state index in [4.69, 9.17) is 0 Å². The quantitative estimate of drug-likeness (QED) is 0.723. The van der Waals surface area contributed by atoms with Crippen LogP contribution < -0.4 is 0 Å². The topological polar surface area (TPSA) is 57.5 Å². The molecule has 1 unspecified atom stereocenters. The summed E-state index contributed by atoms with van der Waals surface area (Å²) in [6.45, 7) is 4.61. The highest BCUT2D eigenvalue weighted by molar-refractivity contribution is 5.86. The van der Waals surface area contributed by atoms with Crippen LogP contribution in [-0.2, 0) is 4.79 Å². The highest BCUT2D eigenvalue weighted by Gasteiger charge is 2.62. The second-order valence-electron chi connectivity index (χ2n) is 9.20. The van der Waals surface area contributed by atoms with Crippen LogP contribution in [0.5, 0.6) is 0 Å². The minimum absolute atomic E-state index is 0.0829. The third-order valence-electron chi connectivity index (χ3n) is 8.43. The Morgan fingerprint density at radius 1 is 0.955 bits per heavy atom. The Hall–Kier alpha value is -0.410. The van der Waals surface area contributed by atoms with Gasteiger partial charge in [-0.15, -0.1) is 0 Å². The summed E-state index contributed by atoms with van der Waals surface area (Å²) in [5.74, 6) is 2.42. The number of carbonyl (C=O) groups is 1. The summed E-state index contributed by atoms with van der Waals surface area (Å²) in [5, 5.41) is 20.4. The maximum Gasteiger partial charge on any atom is 0.162 e. The summed E-state index contributed by atoms with van der Waals surface area (Å²) < 4.78 is 0. The van der Waals surface area contributed by atoms with E-state index in [1.54, 1.807) is 0 Å². The highest BCUT2D eigenvalue weighted by Crippen LogP contribution is 2.65. The Morgan fingerprint density at radius 2 is 1.68 bits per heavy atom. The Kier molecular flexibility index (Phi) is 3.30. The fraction of sp³-hybridized carbons (Fsp3) is 0.947. The van der Waals surface area contributed by atoms with Crippen LogP contribution in [0.15, 0.2) is 0 Å². The van der Waals surface area contributed by atoms with E-state index in [1.807, 2.05) is 0 Å². The predicted molar refractivity (Wildman–Crippen MR) is 84.1 cm³/mol. The monoisotopic (exact) mass is 306 g/mol. The van der Waals surface area contributed by atoms with Crippen molar-refractivity contribution in [3.8, 4) is 0 Å². The maximum absolute atomic E-state index is 12.1. The number of Topliss-reactive ketones (excluding diaryl/α,β-unsaturated/α-hetero) is 1. The molecule has 0 heterocycles. The van der Waals surface area contributed by atoms with E-state index >= 15 is 0 Å². The molecule has 4 saturated carbocycles. The molecule has 0 aliphatic heterocycles. The van der Waals surface area contributed by atoms with Crippen LogP contribution in [-0.4, -0.2) is 28.2 Å². The van der Waals surface area contributed by atoms with Crippen LogP contribution in [0.3, 0.4) is 0 Å². The molecule has 22 heavy (non-hydrogen) atoms. The normalized spacial score (nSPS) is 57.9. The molecule has 0 saturated heterocycles. The van der Waals surface area contributed by atoms with Crippen LogP contribution in [0, 0.1) is 34.5 Å². The summed E-state index contributed by atoms with van der Waals surface area (Å²) in [4.78, 5) is 12.1. The van der Waals surface area contributed by atoms with E-state index in [-0.39, 0.29) is 17.3 Å². The lowest BCUT2D eigenvalue weighted by molar-refractivity contribution is -0.138. The fourth-order valence-electron chi connectivity index (χ4n) is 7.00. The van der Waals surface area contributed by atoms with E-state index in [9.17, 15) is 15.0 Å². The molecule has 2 N–H and O–H groups in total. The van der Waals surface area contributed by atoms with Crippen LogP contribution in [0.25, 0.3) is 0 Å². The van der Waals surface area contributed by atoms with Gasteiger partial charge in [0.05, 0.1) is 6.10 Å². The average Bonchev–Trinajstić information content (AvgIpc) is 2.72. The first-order chi connectivity index (χ1) is 10.4. The first-order valence-corrected chi connectivity index (χ1v) is 9.25. The number of hydrogen-bond donors (Lipinski definition) is 2. The van der Waals surface area contributed by atoms with E-state index in [2.05, 4.69) is 13.8 Å². The Bertz CT molecular complexity index is 489. The molecule has 4 aliphatic carbocycles. The summed E-state index contributed by atoms with van der Waals surface area (Å²) in [6.07, 6.45) is 7.38. The smallest absolute Gasteiger partial charge is 0.162 e. The summed E-state index contributed by atoms with van der Waals surface area (Å²) in [6, 6.07) is 0. The number of carbonyl (C=O) groups excluding carboxylic acids is 1. The Labute approximate surface area is 133 Å². The predicted octanol–water partition coefficient (Wildman–Crippen LogP) is 2.93. The van der Waals surface area contributed by atoms with E-state index in [1.165, 1.54) is 12.8 Å². The van der Waals surface area contributed by atoms with Crippen molar-refractivity contribution in [3.05, 3.63) is 0 Å². The van der Waals surface area contributed by atoms with Crippen LogP contribution in [0.2, 0.25) is 0 Å². The number of rotatable bonds is 0.